The molecule has 1 heterocycles. The maximum Gasteiger partial charge on any atom is 0.499 e. The van der Waals surface area contributed by atoms with Gasteiger partial charge in [0.05, 0.1) is 11.2 Å². The molecule has 0 amide bonds. The Hall–Kier alpha value is -1.87. The zero-order valence-electron chi connectivity index (χ0n) is 14.8. The second kappa shape index (κ2) is 5.56. The van der Waals surface area contributed by atoms with Crippen LogP contribution in [-0.4, -0.2) is 62.9 Å². The van der Waals surface area contributed by atoms with Crippen LogP contribution in [0.4, 0.5) is 0 Å². The van der Waals surface area contributed by atoms with Crippen molar-refractivity contribution in [3.05, 3.63) is 16.9 Å². The minimum atomic E-state index is -1.81. The third kappa shape index (κ3) is 2.33. The molecule has 0 spiro atoms. The van der Waals surface area contributed by atoms with Crippen molar-refractivity contribution in [2.45, 2.75) is 51.1 Å². The molecule has 1 saturated heterocycles. The lowest BCUT2D eigenvalue weighted by Crippen LogP contribution is -2.41. The topological polar surface area (TPSA) is 140 Å². The van der Waals surface area contributed by atoms with Gasteiger partial charge in [0.1, 0.15) is 31.6 Å². The van der Waals surface area contributed by atoms with E-state index in [0.29, 0.717) is 0 Å². The van der Waals surface area contributed by atoms with E-state index in [1.807, 2.05) is 0 Å². The largest absolute Gasteiger partial charge is 0.510 e. The zero-order chi connectivity index (χ0) is 19.8. The third-order valence-corrected chi connectivity index (χ3v) is 5.41. The highest BCUT2D eigenvalue weighted by Gasteiger charge is 2.56. The zero-order valence-corrected chi connectivity index (χ0v) is 14.8. The second-order valence-corrected chi connectivity index (χ2v) is 7.53. The van der Waals surface area contributed by atoms with Gasteiger partial charge in [0.15, 0.2) is 11.5 Å². The Labute approximate surface area is 151 Å². The Morgan fingerprint density at radius 3 is 1.85 bits per heavy atom. The van der Waals surface area contributed by atoms with Crippen LogP contribution in [-0.2, 0) is 9.31 Å². The molecule has 6 N–H and O–H groups in total. The highest BCUT2D eigenvalue weighted by molar-refractivity contribution is 6.69. The van der Waals surface area contributed by atoms with Gasteiger partial charge in [-0.05, 0) is 33.2 Å². The number of rotatable bonds is 1. The molecule has 0 saturated carbocycles. The van der Waals surface area contributed by atoms with Crippen LogP contribution in [0.15, 0.2) is 5.76 Å². The minimum Gasteiger partial charge on any atom is -0.510 e. The van der Waals surface area contributed by atoms with Crippen LogP contribution < -0.4 is 5.46 Å². The van der Waals surface area contributed by atoms with Crippen molar-refractivity contribution in [1.29, 1.82) is 0 Å². The van der Waals surface area contributed by atoms with Crippen molar-refractivity contribution < 1.29 is 39.9 Å². The average molecular weight is 362 g/mol. The standard InChI is InChI=1S/C16H20B2O8/c1-15(2)16(3,4)26-18(25-15)8-5-6(11(21)14(24)13(8)23)9(19)7(17)12(22)10(5)20/h11,14,19-24H,1-4H3. The molecule has 2 atom stereocenters. The Kier molecular flexibility index (Phi) is 4.04. The fourth-order valence-corrected chi connectivity index (χ4v) is 3.10. The third-order valence-electron chi connectivity index (χ3n) is 5.41. The second-order valence-electron chi connectivity index (χ2n) is 7.53. The Morgan fingerprint density at radius 1 is 0.846 bits per heavy atom. The number of benzene rings is 1. The van der Waals surface area contributed by atoms with Crippen molar-refractivity contribution >= 4 is 25.9 Å². The van der Waals surface area contributed by atoms with Crippen LogP contribution in [0.2, 0.25) is 0 Å². The van der Waals surface area contributed by atoms with Crippen LogP contribution >= 0.6 is 0 Å². The lowest BCUT2D eigenvalue weighted by molar-refractivity contribution is 0.00578. The smallest absolute Gasteiger partial charge is 0.499 e. The van der Waals surface area contributed by atoms with E-state index in [0.717, 1.165) is 0 Å². The molecule has 0 bridgehead atoms. The highest BCUT2D eigenvalue weighted by atomic mass is 16.7. The van der Waals surface area contributed by atoms with Crippen molar-refractivity contribution in [3.63, 3.8) is 0 Å². The maximum atomic E-state index is 10.4. The molecule has 10 heteroatoms. The summed E-state index contributed by atoms with van der Waals surface area (Å²) in [7, 11) is 4.30. The molecule has 1 aromatic rings. The monoisotopic (exact) mass is 362 g/mol. The summed E-state index contributed by atoms with van der Waals surface area (Å²) >= 11 is 0. The Bertz CT molecular complexity index is 801. The first-order valence-electron chi connectivity index (χ1n) is 8.03. The minimum absolute atomic E-state index is 0.209. The van der Waals surface area contributed by atoms with Crippen LogP contribution in [0.25, 0.3) is 5.47 Å². The molecular weight excluding hydrogens is 342 g/mol. The molecule has 1 aliphatic carbocycles. The van der Waals surface area contributed by atoms with Crippen LogP contribution in [0.1, 0.15) is 44.9 Å². The van der Waals surface area contributed by atoms with Gasteiger partial charge < -0.3 is 39.9 Å². The summed E-state index contributed by atoms with van der Waals surface area (Å²) in [5.41, 5.74) is -3.03. The molecule has 3 rings (SSSR count). The van der Waals surface area contributed by atoms with Gasteiger partial charge in [-0.2, -0.15) is 0 Å². The summed E-state index contributed by atoms with van der Waals surface area (Å²) in [6.07, 6.45) is -3.60. The Balaban J connectivity index is 2.29. The van der Waals surface area contributed by atoms with Crippen molar-refractivity contribution in [2.75, 3.05) is 0 Å². The first kappa shape index (κ1) is 18.9. The molecule has 138 valence electrons. The summed E-state index contributed by atoms with van der Waals surface area (Å²) in [4.78, 5) is 0. The highest BCUT2D eigenvalue weighted by Crippen LogP contribution is 2.51. The van der Waals surface area contributed by atoms with Crippen molar-refractivity contribution in [3.8, 4) is 17.2 Å². The van der Waals surface area contributed by atoms with Gasteiger partial charge in [0.25, 0.3) is 0 Å². The molecular formula is C16H20B2O8. The van der Waals surface area contributed by atoms with Gasteiger partial charge in [0.2, 0.25) is 0 Å². The number of aliphatic hydroxyl groups is 3. The fraction of sp³-hybridized carbons (Fsp3) is 0.500. The van der Waals surface area contributed by atoms with E-state index in [-0.39, 0.29) is 16.6 Å². The van der Waals surface area contributed by atoms with E-state index in [1.165, 1.54) is 0 Å². The SMILES string of the molecule is [B]c1c(O)c(O)c2c(c1O)C(O)C(O)C(O)=C2B1OC(C)(C)C(C)(C)O1. The first-order chi connectivity index (χ1) is 11.8. The summed E-state index contributed by atoms with van der Waals surface area (Å²) < 4.78 is 11.7. The van der Waals surface area contributed by atoms with E-state index >= 15 is 0 Å². The quantitative estimate of drug-likeness (QED) is 0.231. The normalized spacial score (nSPS) is 26.9. The van der Waals surface area contributed by atoms with Gasteiger partial charge in [-0.15, -0.1) is 0 Å². The lowest BCUT2D eigenvalue weighted by Gasteiger charge is -2.32. The lowest BCUT2D eigenvalue weighted by atomic mass is 9.66. The molecule has 1 aromatic carbocycles. The molecule has 2 aliphatic rings. The number of hydrogen-bond donors (Lipinski definition) is 6. The predicted molar refractivity (Wildman–Crippen MR) is 93.4 cm³/mol. The van der Waals surface area contributed by atoms with Gasteiger partial charge in [-0.1, -0.05) is 0 Å². The molecule has 2 radical (unpaired) electrons. The fourth-order valence-electron chi connectivity index (χ4n) is 3.10. The van der Waals surface area contributed by atoms with Crippen molar-refractivity contribution in [2.24, 2.45) is 0 Å². The molecule has 2 unspecified atom stereocenters. The average Bonchev–Trinajstić information content (AvgIpc) is 2.75. The van der Waals surface area contributed by atoms with Crippen LogP contribution in [0.5, 0.6) is 17.2 Å². The first-order valence-corrected chi connectivity index (χ1v) is 8.03. The summed E-state index contributed by atoms with van der Waals surface area (Å²) in [6.45, 7) is 7.05. The number of aliphatic hydroxyl groups excluding tert-OH is 3. The molecule has 0 aromatic heterocycles. The summed E-state index contributed by atoms with van der Waals surface area (Å²) in [6, 6.07) is 0. The summed E-state index contributed by atoms with van der Waals surface area (Å²) in [5.74, 6) is -3.03. The van der Waals surface area contributed by atoms with Gasteiger partial charge in [0, 0.05) is 16.6 Å². The van der Waals surface area contributed by atoms with E-state index in [2.05, 4.69) is 0 Å². The van der Waals surface area contributed by atoms with Crippen LogP contribution in [0, 0.1) is 0 Å². The van der Waals surface area contributed by atoms with E-state index in [4.69, 9.17) is 17.2 Å². The van der Waals surface area contributed by atoms with Crippen LogP contribution in [0.3, 0.4) is 0 Å². The van der Waals surface area contributed by atoms with Gasteiger partial charge in [-0.3, -0.25) is 0 Å². The number of phenolic OH excluding ortho intramolecular Hbond substituents is 3. The molecule has 1 aliphatic heterocycles. The molecule has 8 nitrogen and oxygen atoms in total. The molecule has 1 fully saturated rings. The Morgan fingerprint density at radius 2 is 1.35 bits per heavy atom. The molecule has 26 heavy (non-hydrogen) atoms. The van der Waals surface area contributed by atoms with Crippen molar-refractivity contribution in [1.82, 2.24) is 0 Å². The van der Waals surface area contributed by atoms with E-state index in [1.54, 1.807) is 27.7 Å². The number of aromatic hydroxyl groups is 3. The maximum absolute atomic E-state index is 10.4. The van der Waals surface area contributed by atoms with E-state index < -0.39 is 59.0 Å². The number of phenols is 3. The summed E-state index contributed by atoms with van der Waals surface area (Å²) in [5, 5.41) is 61.5. The predicted octanol–water partition coefficient (Wildman–Crippen LogP) is -0.0944. The van der Waals surface area contributed by atoms with Gasteiger partial charge in [-0.25, -0.2) is 0 Å². The number of hydrogen-bond acceptors (Lipinski definition) is 8. The van der Waals surface area contributed by atoms with Gasteiger partial charge >= 0.3 is 7.12 Å². The number of fused-ring (bicyclic) bond motifs is 1. The van der Waals surface area contributed by atoms with E-state index in [9.17, 15) is 30.6 Å².